The van der Waals surface area contributed by atoms with Crippen LogP contribution in [0.1, 0.15) is 39.2 Å². The van der Waals surface area contributed by atoms with Crippen molar-refractivity contribution in [3.05, 3.63) is 50.0 Å². The van der Waals surface area contributed by atoms with Crippen molar-refractivity contribution < 1.29 is 9.59 Å². The van der Waals surface area contributed by atoms with E-state index in [-0.39, 0.29) is 18.2 Å². The fourth-order valence-corrected chi connectivity index (χ4v) is 5.85. The number of hydrazine groups is 1. The van der Waals surface area contributed by atoms with Crippen molar-refractivity contribution in [2.45, 2.75) is 32.6 Å². The van der Waals surface area contributed by atoms with Gasteiger partial charge in [-0.2, -0.15) is 0 Å². The lowest BCUT2D eigenvalue weighted by atomic mass is 9.90. The van der Waals surface area contributed by atoms with E-state index in [2.05, 4.69) is 22.8 Å². The summed E-state index contributed by atoms with van der Waals surface area (Å²) in [6.07, 6.45) is 3.38. The Bertz CT molecular complexity index is 959. The molecule has 0 fully saturated rings. The molecule has 0 saturated carbocycles. The van der Waals surface area contributed by atoms with E-state index >= 15 is 0 Å². The summed E-state index contributed by atoms with van der Waals surface area (Å²) in [6, 6.07) is 5.95. The molecule has 3 aromatic heterocycles. The summed E-state index contributed by atoms with van der Waals surface area (Å²) in [5, 5.41) is 4.79. The minimum atomic E-state index is -0.277. The number of thiazole rings is 1. The Morgan fingerprint density at radius 2 is 2.19 bits per heavy atom. The average Bonchev–Trinajstić information content (AvgIpc) is 3.38. The SMILES string of the molecule is CC1CCc2sc(C(=O)NNC(=O)Cc3csc(-c4cccs4)n3)cc2C1. The number of aromatic nitrogens is 1. The van der Waals surface area contributed by atoms with Crippen LogP contribution < -0.4 is 10.9 Å². The predicted octanol–water partition coefficient (Wildman–Crippen LogP) is 4.06. The molecule has 1 unspecified atom stereocenters. The van der Waals surface area contributed by atoms with E-state index in [0.717, 1.165) is 22.7 Å². The van der Waals surface area contributed by atoms with Gasteiger partial charge >= 0.3 is 0 Å². The van der Waals surface area contributed by atoms with E-state index < -0.39 is 0 Å². The molecule has 140 valence electrons. The summed E-state index contributed by atoms with van der Waals surface area (Å²) in [5.41, 5.74) is 7.00. The molecule has 0 aromatic carbocycles. The number of rotatable bonds is 4. The van der Waals surface area contributed by atoms with Crippen molar-refractivity contribution in [3.8, 4) is 9.88 Å². The number of carbonyl (C=O) groups excluding carboxylic acids is 2. The van der Waals surface area contributed by atoms with E-state index in [1.165, 1.54) is 39.5 Å². The van der Waals surface area contributed by atoms with Crippen LogP contribution in [-0.2, 0) is 24.1 Å². The van der Waals surface area contributed by atoms with Gasteiger partial charge in [-0.15, -0.1) is 34.0 Å². The number of hydrogen-bond donors (Lipinski definition) is 2. The van der Waals surface area contributed by atoms with E-state index in [0.29, 0.717) is 16.5 Å². The lowest BCUT2D eigenvalue weighted by molar-refractivity contribution is -0.121. The van der Waals surface area contributed by atoms with E-state index in [9.17, 15) is 9.59 Å². The van der Waals surface area contributed by atoms with Crippen molar-refractivity contribution in [1.29, 1.82) is 0 Å². The van der Waals surface area contributed by atoms with Gasteiger partial charge in [0.05, 0.1) is 21.9 Å². The van der Waals surface area contributed by atoms with Gasteiger partial charge < -0.3 is 0 Å². The molecular formula is C19H19N3O2S3. The van der Waals surface area contributed by atoms with Gasteiger partial charge in [0.15, 0.2) is 0 Å². The first-order chi connectivity index (χ1) is 13.1. The molecule has 0 spiro atoms. The number of nitrogens with zero attached hydrogens (tertiary/aromatic N) is 1. The molecule has 27 heavy (non-hydrogen) atoms. The van der Waals surface area contributed by atoms with Crippen LogP contribution in [-0.4, -0.2) is 16.8 Å². The summed E-state index contributed by atoms with van der Waals surface area (Å²) in [7, 11) is 0. The molecule has 0 aliphatic heterocycles. The standard InChI is InChI=1S/C19H19N3O2S3/c1-11-4-5-14-12(7-11)8-16(27-14)18(24)22-21-17(23)9-13-10-26-19(20-13)15-3-2-6-25-15/h2-3,6,8,10-11H,4-5,7,9H2,1H3,(H,21,23)(H,22,24). The zero-order chi connectivity index (χ0) is 18.8. The molecule has 5 nitrogen and oxygen atoms in total. The molecule has 0 radical (unpaired) electrons. The van der Waals surface area contributed by atoms with E-state index in [1.807, 2.05) is 29.0 Å². The van der Waals surface area contributed by atoms with Gasteiger partial charge in [0.25, 0.3) is 5.91 Å². The fraction of sp³-hybridized carbons (Fsp3) is 0.316. The minimum Gasteiger partial charge on any atom is -0.273 e. The smallest absolute Gasteiger partial charge is 0.273 e. The van der Waals surface area contributed by atoms with Crippen molar-refractivity contribution in [2.24, 2.45) is 5.92 Å². The Labute approximate surface area is 169 Å². The van der Waals surface area contributed by atoms with Crippen LogP contribution >= 0.6 is 34.0 Å². The first-order valence-electron chi connectivity index (χ1n) is 8.77. The lowest BCUT2D eigenvalue weighted by Crippen LogP contribution is -2.42. The lowest BCUT2D eigenvalue weighted by Gasteiger charge is -2.16. The first-order valence-corrected chi connectivity index (χ1v) is 11.3. The molecule has 4 rings (SSSR count). The van der Waals surface area contributed by atoms with E-state index in [4.69, 9.17) is 0 Å². The second-order valence-electron chi connectivity index (χ2n) is 6.71. The molecule has 2 N–H and O–H groups in total. The third-order valence-corrected chi connectivity index (χ3v) is 7.66. The highest BCUT2D eigenvalue weighted by Crippen LogP contribution is 2.32. The van der Waals surface area contributed by atoms with Crippen LogP contribution in [0.5, 0.6) is 0 Å². The minimum absolute atomic E-state index is 0.139. The van der Waals surface area contributed by atoms with Crippen molar-refractivity contribution in [2.75, 3.05) is 0 Å². The quantitative estimate of drug-likeness (QED) is 0.629. The van der Waals surface area contributed by atoms with Crippen molar-refractivity contribution in [3.63, 3.8) is 0 Å². The van der Waals surface area contributed by atoms with Crippen molar-refractivity contribution >= 4 is 45.8 Å². The number of aryl methyl sites for hydroxylation is 1. The number of fused-ring (bicyclic) bond motifs is 1. The van der Waals surface area contributed by atoms with Crippen LogP contribution in [0.3, 0.4) is 0 Å². The molecular weight excluding hydrogens is 398 g/mol. The molecule has 1 atom stereocenters. The second-order valence-corrected chi connectivity index (χ2v) is 9.65. The van der Waals surface area contributed by atoms with Gasteiger partial charge in [-0.3, -0.25) is 20.4 Å². The van der Waals surface area contributed by atoms with Crippen LogP contribution in [0.15, 0.2) is 29.0 Å². The molecule has 3 aromatic rings. The number of nitrogens with one attached hydrogen (secondary N) is 2. The highest BCUT2D eigenvalue weighted by molar-refractivity contribution is 7.20. The fourth-order valence-electron chi connectivity index (χ4n) is 3.12. The summed E-state index contributed by atoms with van der Waals surface area (Å²) >= 11 is 4.67. The number of hydrogen-bond acceptors (Lipinski definition) is 6. The molecule has 8 heteroatoms. The predicted molar refractivity (Wildman–Crippen MR) is 110 cm³/mol. The highest BCUT2D eigenvalue weighted by Gasteiger charge is 2.21. The normalized spacial score (nSPS) is 16.0. The van der Waals surface area contributed by atoms with Gasteiger partial charge in [-0.25, -0.2) is 4.98 Å². The molecule has 2 amide bonds. The molecule has 0 bridgehead atoms. The van der Waals surface area contributed by atoms with Crippen LogP contribution in [0.25, 0.3) is 9.88 Å². The van der Waals surface area contributed by atoms with Crippen LogP contribution in [0.4, 0.5) is 0 Å². The maximum Gasteiger partial charge on any atom is 0.279 e. The van der Waals surface area contributed by atoms with Gasteiger partial charge in [0, 0.05) is 10.3 Å². The topological polar surface area (TPSA) is 71.1 Å². The van der Waals surface area contributed by atoms with Gasteiger partial charge in [0.1, 0.15) is 5.01 Å². The first kappa shape index (κ1) is 18.3. The zero-order valence-corrected chi connectivity index (χ0v) is 17.2. The monoisotopic (exact) mass is 417 g/mol. The van der Waals surface area contributed by atoms with Gasteiger partial charge in [0.2, 0.25) is 5.91 Å². The Kier molecular flexibility index (Phi) is 5.38. The third kappa shape index (κ3) is 4.28. The number of amides is 2. The molecule has 3 heterocycles. The van der Waals surface area contributed by atoms with E-state index in [1.54, 1.807) is 11.3 Å². The maximum absolute atomic E-state index is 12.3. The second kappa shape index (κ2) is 7.92. The maximum atomic E-state index is 12.3. The Morgan fingerprint density at radius 1 is 1.30 bits per heavy atom. The molecule has 1 aliphatic rings. The van der Waals surface area contributed by atoms with Gasteiger partial charge in [-0.05, 0) is 48.3 Å². The number of thiophene rings is 2. The molecule has 1 aliphatic carbocycles. The Morgan fingerprint density at radius 3 is 3.00 bits per heavy atom. The van der Waals surface area contributed by atoms with Crippen LogP contribution in [0.2, 0.25) is 0 Å². The average molecular weight is 418 g/mol. The molecule has 0 saturated heterocycles. The van der Waals surface area contributed by atoms with Crippen LogP contribution in [0, 0.1) is 5.92 Å². The largest absolute Gasteiger partial charge is 0.279 e. The third-order valence-electron chi connectivity index (χ3n) is 4.49. The number of carbonyl (C=O) groups is 2. The summed E-state index contributed by atoms with van der Waals surface area (Å²) < 4.78 is 0. The highest BCUT2D eigenvalue weighted by atomic mass is 32.1. The summed E-state index contributed by atoms with van der Waals surface area (Å²) in [5.74, 6) is 0.133. The van der Waals surface area contributed by atoms with Crippen molar-refractivity contribution in [1.82, 2.24) is 15.8 Å². The Hall–Kier alpha value is -2.03. The summed E-state index contributed by atoms with van der Waals surface area (Å²) in [6.45, 7) is 2.24. The zero-order valence-electron chi connectivity index (χ0n) is 14.8. The van der Waals surface area contributed by atoms with Gasteiger partial charge in [-0.1, -0.05) is 13.0 Å². The summed E-state index contributed by atoms with van der Waals surface area (Å²) in [4.78, 5) is 32.0. The Balaban J connectivity index is 1.31.